The van der Waals surface area contributed by atoms with Crippen LogP contribution in [0.5, 0.6) is 5.75 Å². The Bertz CT molecular complexity index is 623. The molecule has 2 nitrogen and oxygen atoms in total. The van der Waals surface area contributed by atoms with E-state index in [4.69, 9.17) is 22.1 Å². The second kappa shape index (κ2) is 5.76. The van der Waals surface area contributed by atoms with Crippen molar-refractivity contribution in [1.29, 1.82) is 0 Å². The van der Waals surface area contributed by atoms with Crippen LogP contribution < -0.4 is 10.5 Å². The van der Waals surface area contributed by atoms with Crippen LogP contribution in [-0.2, 0) is 19.3 Å². The van der Waals surface area contributed by atoms with Gasteiger partial charge in [-0.15, -0.1) is 11.3 Å². The minimum absolute atomic E-state index is 0.0108. The molecule has 0 saturated heterocycles. The fourth-order valence-electron chi connectivity index (χ4n) is 2.79. The smallest absolute Gasteiger partial charge is 0.125 e. The summed E-state index contributed by atoms with van der Waals surface area (Å²) >= 11 is 7.94. The van der Waals surface area contributed by atoms with Crippen LogP contribution in [0.15, 0.2) is 23.6 Å². The molecule has 20 heavy (non-hydrogen) atoms. The monoisotopic (exact) mass is 307 g/mol. The van der Waals surface area contributed by atoms with Gasteiger partial charge in [0.2, 0.25) is 0 Å². The van der Waals surface area contributed by atoms with Crippen molar-refractivity contribution in [2.24, 2.45) is 5.73 Å². The Morgan fingerprint density at radius 3 is 3.05 bits per heavy atom. The van der Waals surface area contributed by atoms with Gasteiger partial charge in [0.25, 0.3) is 0 Å². The number of fused-ring (bicyclic) bond motifs is 1. The van der Waals surface area contributed by atoms with Gasteiger partial charge in [-0.3, -0.25) is 0 Å². The van der Waals surface area contributed by atoms with Crippen LogP contribution in [0.4, 0.5) is 0 Å². The average Bonchev–Trinajstić information content (AvgIpc) is 3.06. The number of halogens is 1. The SMILES string of the molecule is CCc1ccsc1C(N)Cc1cc(Cl)cc2c1OCC2. The molecular formula is C16H18ClNOS. The maximum absolute atomic E-state index is 6.40. The van der Waals surface area contributed by atoms with Crippen LogP contribution in [0, 0.1) is 0 Å². The van der Waals surface area contributed by atoms with E-state index in [9.17, 15) is 0 Å². The third-order valence-electron chi connectivity index (χ3n) is 3.76. The molecule has 0 amide bonds. The zero-order valence-electron chi connectivity index (χ0n) is 11.5. The lowest BCUT2D eigenvalue weighted by Crippen LogP contribution is -2.14. The Kier molecular flexibility index (Phi) is 4.01. The van der Waals surface area contributed by atoms with E-state index in [0.717, 1.165) is 42.2 Å². The molecule has 2 N–H and O–H groups in total. The first kappa shape index (κ1) is 13.9. The molecule has 0 radical (unpaired) electrons. The van der Waals surface area contributed by atoms with Crippen molar-refractivity contribution >= 4 is 22.9 Å². The van der Waals surface area contributed by atoms with E-state index in [-0.39, 0.29) is 6.04 Å². The summed E-state index contributed by atoms with van der Waals surface area (Å²) in [5, 5.41) is 2.89. The maximum atomic E-state index is 6.40. The van der Waals surface area contributed by atoms with Crippen LogP contribution in [0.2, 0.25) is 5.02 Å². The van der Waals surface area contributed by atoms with Gasteiger partial charge in [-0.1, -0.05) is 18.5 Å². The third kappa shape index (κ3) is 2.58. The molecule has 1 unspecified atom stereocenters. The highest BCUT2D eigenvalue weighted by molar-refractivity contribution is 7.10. The van der Waals surface area contributed by atoms with Crippen molar-refractivity contribution in [1.82, 2.24) is 0 Å². The Balaban J connectivity index is 1.88. The van der Waals surface area contributed by atoms with Gasteiger partial charge in [0.05, 0.1) is 6.61 Å². The van der Waals surface area contributed by atoms with Crippen LogP contribution in [-0.4, -0.2) is 6.61 Å². The molecule has 106 valence electrons. The second-order valence-electron chi connectivity index (χ2n) is 5.13. The highest BCUT2D eigenvalue weighted by Gasteiger charge is 2.21. The largest absolute Gasteiger partial charge is 0.493 e. The minimum Gasteiger partial charge on any atom is -0.493 e. The summed E-state index contributed by atoms with van der Waals surface area (Å²) in [7, 11) is 0. The van der Waals surface area contributed by atoms with E-state index in [0.29, 0.717) is 0 Å². The molecule has 1 aromatic heterocycles. The predicted octanol–water partition coefficient (Wildman–Crippen LogP) is 4.14. The molecule has 2 aromatic rings. The van der Waals surface area contributed by atoms with Crippen molar-refractivity contribution in [3.63, 3.8) is 0 Å². The molecule has 1 atom stereocenters. The topological polar surface area (TPSA) is 35.2 Å². The van der Waals surface area contributed by atoms with Crippen molar-refractivity contribution < 1.29 is 4.74 Å². The number of rotatable bonds is 4. The van der Waals surface area contributed by atoms with Gasteiger partial charge >= 0.3 is 0 Å². The van der Waals surface area contributed by atoms with E-state index >= 15 is 0 Å². The van der Waals surface area contributed by atoms with Crippen molar-refractivity contribution in [2.45, 2.75) is 32.2 Å². The van der Waals surface area contributed by atoms with Crippen molar-refractivity contribution in [3.05, 3.63) is 50.2 Å². The highest BCUT2D eigenvalue weighted by Crippen LogP contribution is 2.36. The van der Waals surface area contributed by atoms with E-state index in [2.05, 4.69) is 18.4 Å². The summed E-state index contributed by atoms with van der Waals surface area (Å²) in [6.07, 6.45) is 2.74. The zero-order valence-corrected chi connectivity index (χ0v) is 13.1. The molecule has 1 aromatic carbocycles. The summed E-state index contributed by atoms with van der Waals surface area (Å²) in [6.45, 7) is 2.91. The van der Waals surface area contributed by atoms with Gasteiger partial charge in [-0.2, -0.15) is 0 Å². The zero-order chi connectivity index (χ0) is 14.1. The minimum atomic E-state index is 0.0108. The molecule has 0 fully saturated rings. The third-order valence-corrected chi connectivity index (χ3v) is 5.07. The lowest BCUT2D eigenvalue weighted by atomic mass is 9.99. The van der Waals surface area contributed by atoms with Gasteiger partial charge in [0.1, 0.15) is 5.75 Å². The lowest BCUT2D eigenvalue weighted by Gasteiger charge is -2.15. The van der Waals surface area contributed by atoms with Crippen LogP contribution >= 0.6 is 22.9 Å². The quantitative estimate of drug-likeness (QED) is 0.921. The van der Waals surface area contributed by atoms with Crippen molar-refractivity contribution in [3.8, 4) is 5.75 Å². The van der Waals surface area contributed by atoms with E-state index in [1.54, 1.807) is 11.3 Å². The van der Waals surface area contributed by atoms with E-state index < -0.39 is 0 Å². The lowest BCUT2D eigenvalue weighted by molar-refractivity contribution is 0.352. The Morgan fingerprint density at radius 1 is 1.40 bits per heavy atom. The highest BCUT2D eigenvalue weighted by atomic mass is 35.5. The fraction of sp³-hybridized carbons (Fsp3) is 0.375. The van der Waals surface area contributed by atoms with Crippen LogP contribution in [0.3, 0.4) is 0 Å². The van der Waals surface area contributed by atoms with Crippen LogP contribution in [0.1, 0.15) is 34.5 Å². The number of hydrogen-bond donors (Lipinski definition) is 1. The molecule has 4 heteroatoms. The van der Waals surface area contributed by atoms with Gasteiger partial charge in [-0.05, 0) is 53.1 Å². The first-order valence-electron chi connectivity index (χ1n) is 6.95. The van der Waals surface area contributed by atoms with E-state index in [1.165, 1.54) is 16.0 Å². The first-order valence-corrected chi connectivity index (χ1v) is 8.20. The molecule has 2 heterocycles. The summed E-state index contributed by atoms with van der Waals surface area (Å²) < 4.78 is 5.75. The number of nitrogens with two attached hydrogens (primary N) is 1. The van der Waals surface area contributed by atoms with Gasteiger partial charge in [0.15, 0.2) is 0 Å². The summed E-state index contributed by atoms with van der Waals surface area (Å²) in [5.41, 5.74) is 10.1. The molecule has 0 bridgehead atoms. The normalized spacial score (nSPS) is 14.9. The number of benzene rings is 1. The van der Waals surface area contributed by atoms with Crippen molar-refractivity contribution in [2.75, 3.05) is 6.61 Å². The average molecular weight is 308 g/mol. The van der Waals surface area contributed by atoms with Gasteiger partial charge in [-0.25, -0.2) is 0 Å². The molecule has 0 aliphatic carbocycles. The Labute approximate surface area is 128 Å². The van der Waals surface area contributed by atoms with Crippen LogP contribution in [0.25, 0.3) is 0 Å². The maximum Gasteiger partial charge on any atom is 0.125 e. The molecule has 0 saturated carbocycles. The molecule has 1 aliphatic heterocycles. The number of hydrogen-bond acceptors (Lipinski definition) is 3. The second-order valence-corrected chi connectivity index (χ2v) is 6.51. The predicted molar refractivity (Wildman–Crippen MR) is 85.0 cm³/mol. The van der Waals surface area contributed by atoms with Gasteiger partial charge < -0.3 is 10.5 Å². The molecule has 1 aliphatic rings. The summed E-state index contributed by atoms with van der Waals surface area (Å²) in [5.74, 6) is 0.999. The molecule has 3 rings (SSSR count). The number of thiophene rings is 1. The molecule has 0 spiro atoms. The summed E-state index contributed by atoms with van der Waals surface area (Å²) in [6, 6.07) is 6.17. The Hall–Kier alpha value is -1.03. The molecular weight excluding hydrogens is 290 g/mol. The number of aryl methyl sites for hydroxylation is 1. The van der Waals surface area contributed by atoms with Gasteiger partial charge in [0, 0.05) is 22.4 Å². The summed E-state index contributed by atoms with van der Waals surface area (Å²) in [4.78, 5) is 1.28. The first-order chi connectivity index (χ1) is 9.69. The van der Waals surface area contributed by atoms with E-state index in [1.807, 2.05) is 12.1 Å². The standard InChI is InChI=1S/C16H18ClNOS/c1-2-10-4-6-20-16(10)14(18)9-12-8-13(17)7-11-3-5-19-15(11)12/h4,6-8,14H,2-3,5,9,18H2,1H3. The number of ether oxygens (including phenoxy) is 1. The fourth-order valence-corrected chi connectivity index (χ4v) is 4.06. The Morgan fingerprint density at radius 2 is 2.25 bits per heavy atom.